The molecule has 1 aliphatic rings. The number of rotatable bonds is 4. The third-order valence-electron chi connectivity index (χ3n) is 4.95. The van der Waals surface area contributed by atoms with Crippen molar-refractivity contribution in [3.8, 4) is 0 Å². The summed E-state index contributed by atoms with van der Waals surface area (Å²) in [4.78, 5) is 0. The summed E-state index contributed by atoms with van der Waals surface area (Å²) >= 11 is 0. The minimum atomic E-state index is 0.0989. The summed E-state index contributed by atoms with van der Waals surface area (Å²) in [5.41, 5.74) is 1.07. The fraction of sp³-hybridized carbons (Fsp3) is 1.00. The maximum absolute atomic E-state index is 9.28. The van der Waals surface area contributed by atoms with E-state index in [1.54, 1.807) is 0 Å². The van der Waals surface area contributed by atoms with Crippen LogP contribution in [0.4, 0.5) is 0 Å². The molecule has 1 aliphatic carbocycles. The molecule has 0 spiro atoms. The Labute approximate surface area is 95.3 Å². The first-order valence-electron chi connectivity index (χ1n) is 6.33. The van der Waals surface area contributed by atoms with Crippen LogP contribution in [0.5, 0.6) is 0 Å². The molecule has 0 amide bonds. The predicted octanol–water partition coefficient (Wildman–Crippen LogP) is 4.00. The first kappa shape index (κ1) is 13.0. The van der Waals surface area contributed by atoms with Crippen LogP contribution in [0.3, 0.4) is 0 Å². The monoisotopic (exact) mass is 212 g/mol. The van der Waals surface area contributed by atoms with Crippen molar-refractivity contribution < 1.29 is 5.11 Å². The number of hydrogen-bond acceptors (Lipinski definition) is 1. The van der Waals surface area contributed by atoms with Crippen LogP contribution in [-0.4, -0.2) is 11.7 Å². The third kappa shape index (κ3) is 2.75. The fourth-order valence-electron chi connectivity index (χ4n) is 2.72. The Balaban J connectivity index is 2.58. The number of hydrogen-bond donors (Lipinski definition) is 1. The minimum Gasteiger partial charge on any atom is -0.396 e. The van der Waals surface area contributed by atoms with Crippen molar-refractivity contribution in [2.75, 3.05) is 6.61 Å². The standard InChI is InChI=1S/C14H28O/c1-12(2,11-15)9-10-14(5)8-6-7-13(14,3)4/h15H,6-11H2,1-5H3. The Hall–Kier alpha value is -0.0400. The summed E-state index contributed by atoms with van der Waals surface area (Å²) in [6, 6.07) is 0. The smallest absolute Gasteiger partial charge is 0.0482 e. The van der Waals surface area contributed by atoms with Crippen LogP contribution in [0.1, 0.15) is 66.7 Å². The summed E-state index contributed by atoms with van der Waals surface area (Å²) < 4.78 is 0. The van der Waals surface area contributed by atoms with Gasteiger partial charge in [-0.1, -0.05) is 41.0 Å². The molecule has 0 heterocycles. The Morgan fingerprint density at radius 2 is 1.73 bits per heavy atom. The van der Waals surface area contributed by atoms with Gasteiger partial charge in [0.25, 0.3) is 0 Å². The summed E-state index contributed by atoms with van der Waals surface area (Å²) in [6.07, 6.45) is 6.50. The van der Waals surface area contributed by atoms with Crippen molar-refractivity contribution in [1.82, 2.24) is 0 Å². The molecule has 1 fully saturated rings. The van der Waals surface area contributed by atoms with Gasteiger partial charge in [0.2, 0.25) is 0 Å². The van der Waals surface area contributed by atoms with Crippen LogP contribution in [0.25, 0.3) is 0 Å². The van der Waals surface area contributed by atoms with E-state index >= 15 is 0 Å². The van der Waals surface area contributed by atoms with Crippen molar-refractivity contribution in [3.63, 3.8) is 0 Å². The van der Waals surface area contributed by atoms with Gasteiger partial charge in [-0.2, -0.15) is 0 Å². The van der Waals surface area contributed by atoms with Crippen LogP contribution in [0.15, 0.2) is 0 Å². The molecule has 1 nitrogen and oxygen atoms in total. The second-order valence-electron chi connectivity index (χ2n) is 7.12. The lowest BCUT2D eigenvalue weighted by Crippen LogP contribution is -2.31. The summed E-state index contributed by atoms with van der Waals surface area (Å²) in [5, 5.41) is 9.28. The van der Waals surface area contributed by atoms with Gasteiger partial charge < -0.3 is 5.11 Å². The third-order valence-corrected chi connectivity index (χ3v) is 4.95. The molecule has 1 saturated carbocycles. The molecular formula is C14H28O. The molecule has 90 valence electrons. The van der Waals surface area contributed by atoms with Gasteiger partial charge in [0.05, 0.1) is 0 Å². The van der Waals surface area contributed by atoms with E-state index in [0.29, 0.717) is 17.4 Å². The zero-order chi connectivity index (χ0) is 11.7. The van der Waals surface area contributed by atoms with Gasteiger partial charge in [-0.25, -0.2) is 0 Å². The molecule has 0 aromatic carbocycles. The van der Waals surface area contributed by atoms with E-state index in [4.69, 9.17) is 0 Å². The van der Waals surface area contributed by atoms with Crippen molar-refractivity contribution in [1.29, 1.82) is 0 Å². The zero-order valence-electron chi connectivity index (χ0n) is 11.2. The first-order valence-corrected chi connectivity index (χ1v) is 6.33. The minimum absolute atomic E-state index is 0.0989. The number of aliphatic hydroxyl groups is 1. The molecule has 0 aliphatic heterocycles. The maximum atomic E-state index is 9.28. The molecule has 0 radical (unpaired) electrons. The lowest BCUT2D eigenvalue weighted by molar-refractivity contribution is 0.0770. The van der Waals surface area contributed by atoms with Gasteiger partial charge in [0.15, 0.2) is 0 Å². The number of aliphatic hydroxyl groups excluding tert-OH is 1. The van der Waals surface area contributed by atoms with E-state index in [1.807, 2.05) is 0 Å². The van der Waals surface area contributed by atoms with Crippen LogP contribution in [0, 0.1) is 16.2 Å². The molecule has 1 heteroatoms. The van der Waals surface area contributed by atoms with Crippen LogP contribution in [-0.2, 0) is 0 Å². The van der Waals surface area contributed by atoms with Crippen molar-refractivity contribution in [3.05, 3.63) is 0 Å². The van der Waals surface area contributed by atoms with Gasteiger partial charge in [-0.3, -0.25) is 0 Å². The highest BCUT2D eigenvalue weighted by Crippen LogP contribution is 2.55. The van der Waals surface area contributed by atoms with E-state index in [2.05, 4.69) is 34.6 Å². The van der Waals surface area contributed by atoms with Gasteiger partial charge in [0, 0.05) is 6.61 Å². The molecule has 0 saturated heterocycles. The zero-order valence-corrected chi connectivity index (χ0v) is 11.2. The average molecular weight is 212 g/mol. The van der Waals surface area contributed by atoms with Gasteiger partial charge >= 0.3 is 0 Å². The highest BCUT2D eigenvalue weighted by atomic mass is 16.3. The molecule has 1 rings (SSSR count). The molecular weight excluding hydrogens is 184 g/mol. The largest absolute Gasteiger partial charge is 0.396 e. The van der Waals surface area contributed by atoms with Crippen molar-refractivity contribution >= 4 is 0 Å². The predicted molar refractivity (Wildman–Crippen MR) is 65.8 cm³/mol. The van der Waals surface area contributed by atoms with E-state index in [0.717, 1.165) is 6.42 Å². The van der Waals surface area contributed by atoms with Crippen molar-refractivity contribution in [2.45, 2.75) is 66.7 Å². The fourth-order valence-corrected chi connectivity index (χ4v) is 2.72. The molecule has 1 unspecified atom stereocenters. The van der Waals surface area contributed by atoms with Gasteiger partial charge in [-0.05, 0) is 41.9 Å². The summed E-state index contributed by atoms with van der Waals surface area (Å²) in [5.74, 6) is 0. The lowest BCUT2D eigenvalue weighted by atomic mass is 9.65. The maximum Gasteiger partial charge on any atom is 0.0482 e. The Kier molecular flexibility index (Phi) is 3.55. The Morgan fingerprint density at radius 1 is 1.13 bits per heavy atom. The van der Waals surface area contributed by atoms with Crippen LogP contribution < -0.4 is 0 Å². The quantitative estimate of drug-likeness (QED) is 0.746. The second-order valence-corrected chi connectivity index (χ2v) is 7.12. The second kappa shape index (κ2) is 4.08. The highest BCUT2D eigenvalue weighted by Gasteiger charge is 2.44. The topological polar surface area (TPSA) is 20.2 Å². The van der Waals surface area contributed by atoms with Crippen molar-refractivity contribution in [2.24, 2.45) is 16.2 Å². The molecule has 0 aromatic rings. The van der Waals surface area contributed by atoms with Gasteiger partial charge in [0.1, 0.15) is 0 Å². The highest BCUT2D eigenvalue weighted by molar-refractivity contribution is 4.95. The molecule has 0 bridgehead atoms. The van der Waals surface area contributed by atoms with E-state index in [9.17, 15) is 5.11 Å². The summed E-state index contributed by atoms with van der Waals surface area (Å²) in [7, 11) is 0. The Morgan fingerprint density at radius 3 is 2.13 bits per heavy atom. The Bertz CT molecular complexity index is 217. The van der Waals surface area contributed by atoms with E-state index in [-0.39, 0.29) is 5.41 Å². The molecule has 1 N–H and O–H groups in total. The van der Waals surface area contributed by atoms with Crippen LogP contribution >= 0.6 is 0 Å². The molecule has 0 aromatic heterocycles. The first-order chi connectivity index (χ1) is 6.72. The SMILES string of the molecule is CC(C)(CO)CCC1(C)CCCC1(C)C. The van der Waals surface area contributed by atoms with Crippen LogP contribution in [0.2, 0.25) is 0 Å². The molecule has 15 heavy (non-hydrogen) atoms. The lowest BCUT2D eigenvalue weighted by Gasteiger charge is -2.40. The van der Waals surface area contributed by atoms with E-state index < -0.39 is 0 Å². The van der Waals surface area contributed by atoms with E-state index in [1.165, 1.54) is 25.7 Å². The normalized spacial score (nSPS) is 30.8. The average Bonchev–Trinajstić information content (AvgIpc) is 2.40. The molecule has 1 atom stereocenters. The van der Waals surface area contributed by atoms with Gasteiger partial charge in [-0.15, -0.1) is 0 Å². The summed E-state index contributed by atoms with van der Waals surface area (Å²) in [6.45, 7) is 11.9.